The van der Waals surface area contributed by atoms with E-state index < -0.39 is 0 Å². The first-order valence-electron chi connectivity index (χ1n) is 6.39. The van der Waals surface area contributed by atoms with Gasteiger partial charge in [0.1, 0.15) is 0 Å². The molecule has 0 saturated carbocycles. The van der Waals surface area contributed by atoms with Gasteiger partial charge in [-0.25, -0.2) is 4.79 Å². The lowest BCUT2D eigenvalue weighted by molar-refractivity contribution is 0.124. The Kier molecular flexibility index (Phi) is 4.59. The van der Waals surface area contributed by atoms with Gasteiger partial charge in [0.2, 0.25) is 0 Å². The van der Waals surface area contributed by atoms with E-state index in [1.807, 2.05) is 6.07 Å². The lowest BCUT2D eigenvalue weighted by atomic mass is 10.2. The molecule has 0 atom stereocenters. The molecule has 4 heteroatoms. The highest BCUT2D eigenvalue weighted by atomic mass is 16.5. The average Bonchev–Trinajstić information content (AvgIpc) is 2.65. The smallest absolute Gasteiger partial charge is 0.409 e. The number of ether oxygens (including phenoxy) is 1. The van der Waals surface area contributed by atoms with Crippen molar-refractivity contribution in [1.82, 2.24) is 9.80 Å². The largest absolute Gasteiger partial charge is 0.453 e. The summed E-state index contributed by atoms with van der Waals surface area (Å²) in [6, 6.07) is 10.4. The average molecular weight is 248 g/mol. The van der Waals surface area contributed by atoms with Crippen molar-refractivity contribution in [3.05, 3.63) is 35.9 Å². The molecule has 98 valence electrons. The molecule has 0 aromatic heterocycles. The van der Waals surface area contributed by atoms with Crippen molar-refractivity contribution in [2.45, 2.75) is 13.0 Å². The maximum atomic E-state index is 11.5. The van der Waals surface area contributed by atoms with E-state index in [9.17, 15) is 4.79 Å². The minimum atomic E-state index is -0.212. The Bertz CT molecular complexity index is 381. The number of rotatable bonds is 2. The van der Waals surface area contributed by atoms with Gasteiger partial charge in [-0.1, -0.05) is 30.3 Å². The Balaban J connectivity index is 1.87. The van der Waals surface area contributed by atoms with E-state index in [-0.39, 0.29) is 6.09 Å². The topological polar surface area (TPSA) is 32.8 Å². The second-order valence-corrected chi connectivity index (χ2v) is 4.57. The lowest BCUT2D eigenvalue weighted by Crippen LogP contribution is -2.34. The summed E-state index contributed by atoms with van der Waals surface area (Å²) in [7, 11) is 1.44. The van der Waals surface area contributed by atoms with Gasteiger partial charge in [0, 0.05) is 32.7 Å². The molecule has 0 radical (unpaired) electrons. The molecule has 0 unspecified atom stereocenters. The fourth-order valence-corrected chi connectivity index (χ4v) is 2.28. The monoisotopic (exact) mass is 248 g/mol. The molecule has 2 rings (SSSR count). The summed E-state index contributed by atoms with van der Waals surface area (Å²) >= 11 is 0. The Labute approximate surface area is 108 Å². The number of hydrogen-bond acceptors (Lipinski definition) is 3. The summed E-state index contributed by atoms with van der Waals surface area (Å²) in [4.78, 5) is 15.6. The molecule has 1 heterocycles. The van der Waals surface area contributed by atoms with Crippen LogP contribution in [-0.2, 0) is 11.3 Å². The van der Waals surface area contributed by atoms with Crippen LogP contribution < -0.4 is 0 Å². The van der Waals surface area contributed by atoms with E-state index in [0.29, 0.717) is 0 Å². The molecule has 1 aliphatic rings. The van der Waals surface area contributed by atoms with Crippen molar-refractivity contribution in [1.29, 1.82) is 0 Å². The van der Waals surface area contributed by atoms with Crippen molar-refractivity contribution in [3.63, 3.8) is 0 Å². The predicted octanol–water partition coefficient (Wildman–Crippen LogP) is 1.96. The summed E-state index contributed by atoms with van der Waals surface area (Å²) in [5.74, 6) is 0. The zero-order valence-electron chi connectivity index (χ0n) is 10.8. The van der Waals surface area contributed by atoms with Crippen LogP contribution in [0.5, 0.6) is 0 Å². The van der Waals surface area contributed by atoms with E-state index in [2.05, 4.69) is 29.2 Å². The number of benzene rings is 1. The van der Waals surface area contributed by atoms with E-state index >= 15 is 0 Å². The Morgan fingerprint density at radius 2 is 1.94 bits per heavy atom. The molecule has 0 aliphatic carbocycles. The Morgan fingerprint density at radius 1 is 1.17 bits per heavy atom. The van der Waals surface area contributed by atoms with Gasteiger partial charge in [-0.3, -0.25) is 4.90 Å². The molecule has 0 bridgehead atoms. The van der Waals surface area contributed by atoms with Crippen molar-refractivity contribution in [2.75, 3.05) is 33.3 Å². The predicted molar refractivity (Wildman–Crippen MR) is 70.3 cm³/mol. The van der Waals surface area contributed by atoms with Gasteiger partial charge in [-0.05, 0) is 12.0 Å². The van der Waals surface area contributed by atoms with Crippen molar-refractivity contribution < 1.29 is 9.53 Å². The molecule has 1 fully saturated rings. The summed E-state index contributed by atoms with van der Waals surface area (Å²) in [6.45, 7) is 4.43. The molecule has 1 aromatic rings. The molecule has 1 aromatic carbocycles. The first kappa shape index (κ1) is 12.9. The molecular weight excluding hydrogens is 228 g/mol. The SMILES string of the molecule is COC(=O)N1CCCN(Cc2ccccc2)CC1. The van der Waals surface area contributed by atoms with Gasteiger partial charge < -0.3 is 9.64 Å². The van der Waals surface area contributed by atoms with Gasteiger partial charge in [0.15, 0.2) is 0 Å². The van der Waals surface area contributed by atoms with Crippen LogP contribution in [0.3, 0.4) is 0 Å². The van der Waals surface area contributed by atoms with Crippen LogP contribution in [0.4, 0.5) is 4.79 Å². The van der Waals surface area contributed by atoms with E-state index in [0.717, 1.165) is 39.1 Å². The summed E-state index contributed by atoms with van der Waals surface area (Å²) in [6.07, 6.45) is 0.790. The normalized spacial score (nSPS) is 17.3. The maximum Gasteiger partial charge on any atom is 0.409 e. The third kappa shape index (κ3) is 3.47. The second-order valence-electron chi connectivity index (χ2n) is 4.57. The van der Waals surface area contributed by atoms with Crippen molar-refractivity contribution in [2.24, 2.45) is 0 Å². The highest BCUT2D eigenvalue weighted by Gasteiger charge is 2.19. The Morgan fingerprint density at radius 3 is 2.67 bits per heavy atom. The summed E-state index contributed by atoms with van der Waals surface area (Å²) < 4.78 is 4.77. The number of nitrogens with zero attached hydrogens (tertiary/aromatic N) is 2. The second kappa shape index (κ2) is 6.40. The first-order valence-corrected chi connectivity index (χ1v) is 6.39. The number of carbonyl (C=O) groups excluding carboxylic acids is 1. The molecule has 1 aliphatic heterocycles. The van der Waals surface area contributed by atoms with Crippen LogP contribution in [0.2, 0.25) is 0 Å². The van der Waals surface area contributed by atoms with Crippen LogP contribution in [-0.4, -0.2) is 49.2 Å². The van der Waals surface area contributed by atoms with E-state index in [4.69, 9.17) is 4.74 Å². The lowest BCUT2D eigenvalue weighted by Gasteiger charge is -2.21. The van der Waals surface area contributed by atoms with Gasteiger partial charge in [0.05, 0.1) is 7.11 Å². The molecular formula is C14H20N2O2. The van der Waals surface area contributed by atoms with Gasteiger partial charge in [0.25, 0.3) is 0 Å². The van der Waals surface area contributed by atoms with Crippen molar-refractivity contribution >= 4 is 6.09 Å². The highest BCUT2D eigenvalue weighted by Crippen LogP contribution is 2.09. The minimum Gasteiger partial charge on any atom is -0.453 e. The highest BCUT2D eigenvalue weighted by molar-refractivity contribution is 5.67. The van der Waals surface area contributed by atoms with E-state index in [1.165, 1.54) is 12.7 Å². The maximum absolute atomic E-state index is 11.5. The molecule has 0 N–H and O–H groups in total. The number of methoxy groups -OCH3 is 1. The molecule has 1 saturated heterocycles. The first-order chi connectivity index (χ1) is 8.79. The summed E-state index contributed by atoms with van der Waals surface area (Å²) in [5.41, 5.74) is 1.32. The number of amides is 1. The van der Waals surface area contributed by atoms with Crippen LogP contribution in [0, 0.1) is 0 Å². The molecule has 18 heavy (non-hydrogen) atoms. The number of carbonyl (C=O) groups is 1. The quantitative estimate of drug-likeness (QED) is 0.802. The third-order valence-corrected chi connectivity index (χ3v) is 3.27. The zero-order chi connectivity index (χ0) is 12.8. The number of hydrogen-bond donors (Lipinski definition) is 0. The van der Waals surface area contributed by atoms with Crippen LogP contribution in [0.15, 0.2) is 30.3 Å². The molecule has 4 nitrogen and oxygen atoms in total. The van der Waals surface area contributed by atoms with Crippen LogP contribution in [0.1, 0.15) is 12.0 Å². The van der Waals surface area contributed by atoms with Gasteiger partial charge >= 0.3 is 6.09 Å². The van der Waals surface area contributed by atoms with Crippen LogP contribution in [0.25, 0.3) is 0 Å². The zero-order valence-corrected chi connectivity index (χ0v) is 10.8. The molecule has 0 spiro atoms. The fraction of sp³-hybridized carbons (Fsp3) is 0.500. The Hall–Kier alpha value is -1.55. The van der Waals surface area contributed by atoms with Crippen LogP contribution >= 0.6 is 0 Å². The van der Waals surface area contributed by atoms with E-state index in [1.54, 1.807) is 4.90 Å². The van der Waals surface area contributed by atoms with Gasteiger partial charge in [-0.2, -0.15) is 0 Å². The summed E-state index contributed by atoms with van der Waals surface area (Å²) in [5, 5.41) is 0. The minimum absolute atomic E-state index is 0.212. The third-order valence-electron chi connectivity index (χ3n) is 3.27. The molecule has 1 amide bonds. The standard InChI is InChI=1S/C14H20N2O2/c1-18-14(17)16-9-5-8-15(10-11-16)12-13-6-3-2-4-7-13/h2-4,6-7H,5,8-12H2,1H3. The van der Waals surface area contributed by atoms with Gasteiger partial charge in [-0.15, -0.1) is 0 Å². The van der Waals surface area contributed by atoms with Crippen molar-refractivity contribution in [3.8, 4) is 0 Å². The fourth-order valence-electron chi connectivity index (χ4n) is 2.28.